The smallest absolute Gasteiger partial charge is 0.247 e. The second-order valence-electron chi connectivity index (χ2n) is 9.03. The van der Waals surface area contributed by atoms with E-state index in [1.165, 1.54) is 11.6 Å². The van der Waals surface area contributed by atoms with Crippen LogP contribution in [0.15, 0.2) is 85.6 Å². The molecule has 7 heteroatoms. The molecule has 0 unspecified atom stereocenters. The lowest BCUT2D eigenvalue weighted by atomic mass is 9.92. The van der Waals surface area contributed by atoms with Crippen molar-refractivity contribution in [1.29, 1.82) is 0 Å². The van der Waals surface area contributed by atoms with E-state index in [-0.39, 0.29) is 11.8 Å². The molecule has 4 aromatic rings. The molecule has 36 heavy (non-hydrogen) atoms. The van der Waals surface area contributed by atoms with Crippen molar-refractivity contribution in [2.45, 2.75) is 13.3 Å². The van der Waals surface area contributed by atoms with E-state index in [1.54, 1.807) is 6.92 Å². The van der Waals surface area contributed by atoms with Crippen LogP contribution < -0.4 is 10.6 Å². The summed E-state index contributed by atoms with van der Waals surface area (Å²) < 4.78 is 0. The number of fused-ring (bicyclic) bond motifs is 1. The molecule has 3 aromatic carbocycles. The third kappa shape index (κ3) is 5.10. The third-order valence-electron chi connectivity index (χ3n) is 6.37. The fourth-order valence-corrected chi connectivity index (χ4v) is 4.45. The first-order valence-corrected chi connectivity index (χ1v) is 11.9. The predicted molar refractivity (Wildman–Crippen MR) is 143 cm³/mol. The van der Waals surface area contributed by atoms with Crippen molar-refractivity contribution in [2.75, 3.05) is 23.7 Å². The summed E-state index contributed by atoms with van der Waals surface area (Å²) in [6.45, 7) is 6.80. The van der Waals surface area contributed by atoms with Crippen LogP contribution in [0.5, 0.6) is 0 Å². The van der Waals surface area contributed by atoms with Crippen molar-refractivity contribution in [2.24, 2.45) is 5.92 Å². The maximum Gasteiger partial charge on any atom is 0.247 e. The summed E-state index contributed by atoms with van der Waals surface area (Å²) in [5.41, 5.74) is 5.55. The summed E-state index contributed by atoms with van der Waals surface area (Å²) >= 11 is 0. The fraction of sp³-hybridized carbons (Fsp3) is 0.172. The number of aromatic nitrogens is 2. The molecule has 0 atom stereocenters. The Morgan fingerprint density at radius 3 is 2.58 bits per heavy atom. The van der Waals surface area contributed by atoms with Gasteiger partial charge in [0.15, 0.2) is 0 Å². The molecular weight excluding hydrogens is 450 g/mol. The monoisotopic (exact) mass is 477 g/mol. The Labute approximate surface area is 209 Å². The van der Waals surface area contributed by atoms with Crippen LogP contribution in [-0.2, 0) is 16.0 Å². The number of likely N-dealkylation sites (tertiary alicyclic amines) is 1. The van der Waals surface area contributed by atoms with Crippen molar-refractivity contribution in [3.8, 4) is 11.1 Å². The lowest BCUT2D eigenvalue weighted by Crippen LogP contribution is -2.49. The molecule has 1 fully saturated rings. The quantitative estimate of drug-likeness (QED) is 0.358. The van der Waals surface area contributed by atoms with Gasteiger partial charge in [-0.1, -0.05) is 49.0 Å². The van der Waals surface area contributed by atoms with Gasteiger partial charge in [0.25, 0.3) is 0 Å². The number of hydrogen-bond acceptors (Lipinski definition) is 5. The first-order valence-electron chi connectivity index (χ1n) is 11.9. The number of rotatable bonds is 7. The first kappa shape index (κ1) is 23.2. The Bertz CT molecular complexity index is 1440. The van der Waals surface area contributed by atoms with E-state index in [2.05, 4.69) is 34.3 Å². The molecule has 5 rings (SSSR count). The summed E-state index contributed by atoms with van der Waals surface area (Å²) in [7, 11) is 0. The SMILES string of the molecule is C=CC(=O)Nc1cccc(-c2cccc3cnc(Nc4ccc(CC5CN(C(C)=O)C5)cc4)nc23)c1. The van der Waals surface area contributed by atoms with Gasteiger partial charge in [-0.25, -0.2) is 9.97 Å². The highest BCUT2D eigenvalue weighted by atomic mass is 16.2. The number of benzene rings is 3. The van der Waals surface area contributed by atoms with Crippen LogP contribution in [0.2, 0.25) is 0 Å². The van der Waals surface area contributed by atoms with Crippen molar-refractivity contribution in [3.05, 3.63) is 91.1 Å². The van der Waals surface area contributed by atoms with Gasteiger partial charge in [0, 0.05) is 48.5 Å². The van der Waals surface area contributed by atoms with E-state index >= 15 is 0 Å². The second-order valence-corrected chi connectivity index (χ2v) is 9.03. The Kier molecular flexibility index (Phi) is 6.45. The third-order valence-corrected chi connectivity index (χ3v) is 6.37. The molecule has 7 nitrogen and oxygen atoms in total. The Morgan fingerprint density at radius 1 is 1.06 bits per heavy atom. The number of para-hydroxylation sites is 1. The fourth-order valence-electron chi connectivity index (χ4n) is 4.45. The Morgan fingerprint density at radius 2 is 1.83 bits per heavy atom. The van der Waals surface area contributed by atoms with E-state index in [0.717, 1.165) is 47.2 Å². The minimum atomic E-state index is -0.254. The molecule has 2 N–H and O–H groups in total. The normalized spacial score (nSPS) is 13.2. The zero-order valence-corrected chi connectivity index (χ0v) is 20.1. The van der Waals surface area contributed by atoms with Gasteiger partial charge in [-0.15, -0.1) is 0 Å². The zero-order valence-electron chi connectivity index (χ0n) is 20.1. The molecule has 2 amide bonds. The van der Waals surface area contributed by atoms with E-state index in [4.69, 9.17) is 4.98 Å². The first-order chi connectivity index (χ1) is 17.5. The van der Waals surface area contributed by atoms with E-state index < -0.39 is 0 Å². The van der Waals surface area contributed by atoms with Gasteiger partial charge in [-0.3, -0.25) is 9.59 Å². The number of anilines is 3. The second kappa shape index (κ2) is 10.00. The molecule has 1 aliphatic heterocycles. The van der Waals surface area contributed by atoms with Crippen LogP contribution in [0.3, 0.4) is 0 Å². The molecule has 0 saturated carbocycles. The molecule has 1 saturated heterocycles. The number of carbonyl (C=O) groups is 2. The van der Waals surface area contributed by atoms with Crippen LogP contribution in [0.1, 0.15) is 12.5 Å². The van der Waals surface area contributed by atoms with Crippen molar-refractivity contribution in [3.63, 3.8) is 0 Å². The van der Waals surface area contributed by atoms with E-state index in [1.807, 2.05) is 65.7 Å². The lowest BCUT2D eigenvalue weighted by molar-refractivity contribution is -0.135. The highest BCUT2D eigenvalue weighted by molar-refractivity contribution is 6.00. The number of nitrogens with one attached hydrogen (secondary N) is 2. The highest BCUT2D eigenvalue weighted by Crippen LogP contribution is 2.30. The van der Waals surface area contributed by atoms with Gasteiger partial charge in [-0.2, -0.15) is 0 Å². The minimum Gasteiger partial charge on any atom is -0.342 e. The standard InChI is InChI=1S/C29H27N5O2/c1-3-27(36)31-25-8-4-6-22(15-25)26-9-5-7-23-16-30-29(33-28(23)26)32-24-12-10-20(11-13-24)14-21-17-34(18-21)19(2)35/h3-13,15-16,21H,1,14,17-18H2,2H3,(H,31,36)(H,30,32,33). The maximum atomic E-state index is 11.7. The molecule has 2 heterocycles. The largest absolute Gasteiger partial charge is 0.342 e. The van der Waals surface area contributed by atoms with E-state index in [9.17, 15) is 9.59 Å². The summed E-state index contributed by atoms with van der Waals surface area (Å²) in [4.78, 5) is 34.3. The topological polar surface area (TPSA) is 87.2 Å². The molecular formula is C29H27N5O2. The average molecular weight is 478 g/mol. The number of nitrogens with zero attached hydrogens (tertiary/aromatic N) is 3. The molecule has 0 radical (unpaired) electrons. The van der Waals surface area contributed by atoms with Crippen LogP contribution in [-0.4, -0.2) is 39.8 Å². The summed E-state index contributed by atoms with van der Waals surface area (Å²) in [6, 6.07) is 21.9. The predicted octanol–water partition coefficient (Wildman–Crippen LogP) is 5.19. The molecule has 0 spiro atoms. The molecule has 1 aliphatic rings. The molecule has 1 aromatic heterocycles. The number of hydrogen-bond donors (Lipinski definition) is 2. The number of carbonyl (C=O) groups excluding carboxylic acids is 2. The summed E-state index contributed by atoms with van der Waals surface area (Å²) in [5.74, 6) is 0.931. The van der Waals surface area contributed by atoms with Gasteiger partial charge in [0.1, 0.15) is 0 Å². The summed E-state index contributed by atoms with van der Waals surface area (Å²) in [5, 5.41) is 7.04. The average Bonchev–Trinajstić information content (AvgIpc) is 2.86. The molecule has 0 aliphatic carbocycles. The summed E-state index contributed by atoms with van der Waals surface area (Å²) in [6.07, 6.45) is 4.02. The van der Waals surface area contributed by atoms with Crippen LogP contribution in [0, 0.1) is 5.92 Å². The maximum absolute atomic E-state index is 11.7. The number of amides is 2. The minimum absolute atomic E-state index is 0.150. The van der Waals surface area contributed by atoms with Crippen molar-refractivity contribution in [1.82, 2.24) is 14.9 Å². The zero-order chi connectivity index (χ0) is 25.1. The Hall–Kier alpha value is -4.52. The molecule has 180 valence electrons. The lowest BCUT2D eigenvalue weighted by Gasteiger charge is -2.38. The van der Waals surface area contributed by atoms with E-state index in [0.29, 0.717) is 17.6 Å². The van der Waals surface area contributed by atoms with Gasteiger partial charge in [0.05, 0.1) is 5.52 Å². The van der Waals surface area contributed by atoms with Crippen LogP contribution >= 0.6 is 0 Å². The van der Waals surface area contributed by atoms with Gasteiger partial charge in [-0.05, 0) is 53.8 Å². The molecule has 0 bridgehead atoms. The van der Waals surface area contributed by atoms with Crippen molar-refractivity contribution >= 4 is 40.0 Å². The van der Waals surface area contributed by atoms with Gasteiger partial charge in [0.2, 0.25) is 17.8 Å². The van der Waals surface area contributed by atoms with Gasteiger partial charge >= 0.3 is 0 Å². The highest BCUT2D eigenvalue weighted by Gasteiger charge is 2.28. The van der Waals surface area contributed by atoms with Crippen LogP contribution in [0.4, 0.5) is 17.3 Å². The van der Waals surface area contributed by atoms with Crippen LogP contribution in [0.25, 0.3) is 22.0 Å². The van der Waals surface area contributed by atoms with Crippen molar-refractivity contribution < 1.29 is 9.59 Å². The van der Waals surface area contributed by atoms with Gasteiger partial charge < -0.3 is 15.5 Å². The Balaban J connectivity index is 1.33.